The molecule has 0 aromatic carbocycles. The molecule has 0 aliphatic heterocycles. The number of imidazole rings is 1. The number of pyridine rings is 1. The van der Waals surface area contributed by atoms with Crippen LogP contribution in [0.4, 0.5) is 0 Å². The van der Waals surface area contributed by atoms with Crippen molar-refractivity contribution >= 4 is 27.5 Å². The fourth-order valence-corrected chi connectivity index (χ4v) is 1.80. The Morgan fingerprint density at radius 2 is 2.36 bits per heavy atom. The van der Waals surface area contributed by atoms with Crippen LogP contribution >= 0.6 is 15.9 Å². The lowest BCUT2D eigenvalue weighted by Crippen LogP contribution is -2.00. The van der Waals surface area contributed by atoms with Crippen LogP contribution < -0.4 is 0 Å². The minimum absolute atomic E-state index is 0.0672. The van der Waals surface area contributed by atoms with Crippen molar-refractivity contribution in [1.29, 1.82) is 0 Å². The number of hydrogen-bond acceptors (Lipinski definition) is 2. The number of rotatable bonds is 2. The van der Waals surface area contributed by atoms with Gasteiger partial charge in [0.1, 0.15) is 10.3 Å². The van der Waals surface area contributed by atoms with Gasteiger partial charge in [-0.25, -0.2) is 4.98 Å². The lowest BCUT2D eigenvalue weighted by molar-refractivity contribution is -0.136. The van der Waals surface area contributed by atoms with Crippen molar-refractivity contribution in [3.63, 3.8) is 0 Å². The highest BCUT2D eigenvalue weighted by molar-refractivity contribution is 9.10. The zero-order chi connectivity index (χ0) is 10.1. The molecule has 2 aromatic heterocycles. The highest BCUT2D eigenvalue weighted by Crippen LogP contribution is 2.18. The molecule has 14 heavy (non-hydrogen) atoms. The zero-order valence-electron chi connectivity index (χ0n) is 7.14. The average molecular weight is 255 g/mol. The molecule has 5 heteroatoms. The van der Waals surface area contributed by atoms with E-state index < -0.39 is 5.97 Å². The summed E-state index contributed by atoms with van der Waals surface area (Å²) in [6.07, 6.45) is 1.76. The van der Waals surface area contributed by atoms with E-state index in [0.717, 1.165) is 5.65 Å². The number of carboxylic acids is 1. The molecule has 0 aliphatic rings. The van der Waals surface area contributed by atoms with Crippen LogP contribution in [0.15, 0.2) is 29.0 Å². The summed E-state index contributed by atoms with van der Waals surface area (Å²) >= 11 is 3.32. The van der Waals surface area contributed by atoms with E-state index in [4.69, 9.17) is 5.11 Å². The largest absolute Gasteiger partial charge is 0.481 e. The SMILES string of the molecule is O=C(O)Cc1nc2ccccn2c1Br. The average Bonchev–Trinajstić information content (AvgIpc) is 2.44. The molecule has 0 unspecified atom stereocenters. The molecule has 2 heterocycles. The number of carbonyl (C=O) groups is 1. The normalized spacial score (nSPS) is 10.6. The van der Waals surface area contributed by atoms with Crippen molar-refractivity contribution in [2.75, 3.05) is 0 Å². The van der Waals surface area contributed by atoms with E-state index in [0.29, 0.717) is 10.3 Å². The molecule has 0 fully saturated rings. The molecule has 4 nitrogen and oxygen atoms in total. The van der Waals surface area contributed by atoms with E-state index in [2.05, 4.69) is 20.9 Å². The van der Waals surface area contributed by atoms with Gasteiger partial charge >= 0.3 is 5.97 Å². The molecule has 0 spiro atoms. The smallest absolute Gasteiger partial charge is 0.309 e. The maximum Gasteiger partial charge on any atom is 0.309 e. The lowest BCUT2D eigenvalue weighted by Gasteiger charge is -1.93. The van der Waals surface area contributed by atoms with E-state index in [1.165, 1.54) is 0 Å². The predicted octanol–water partition coefficient (Wildman–Crippen LogP) is 1.72. The Kier molecular flexibility index (Phi) is 2.25. The number of aromatic nitrogens is 2. The summed E-state index contributed by atoms with van der Waals surface area (Å²) in [6.45, 7) is 0. The molecule has 2 aromatic rings. The number of nitrogens with zero attached hydrogens (tertiary/aromatic N) is 2. The summed E-state index contributed by atoms with van der Waals surface area (Å²) in [6, 6.07) is 5.55. The molecule has 2 rings (SSSR count). The first kappa shape index (κ1) is 9.21. The summed E-state index contributed by atoms with van der Waals surface area (Å²) in [5.41, 5.74) is 1.29. The van der Waals surface area contributed by atoms with Crippen molar-refractivity contribution in [1.82, 2.24) is 9.38 Å². The van der Waals surface area contributed by atoms with Gasteiger partial charge in [0.05, 0.1) is 12.1 Å². The van der Waals surface area contributed by atoms with Gasteiger partial charge in [-0.2, -0.15) is 0 Å². The molecule has 0 bridgehead atoms. The molecular formula is C9H7BrN2O2. The molecule has 0 aliphatic carbocycles. The Hall–Kier alpha value is -1.36. The minimum atomic E-state index is -0.880. The van der Waals surface area contributed by atoms with Crippen LogP contribution in [0.3, 0.4) is 0 Å². The fourth-order valence-electron chi connectivity index (χ4n) is 1.27. The second-order valence-corrected chi connectivity index (χ2v) is 3.60. The molecule has 0 saturated carbocycles. The van der Waals surface area contributed by atoms with Crippen molar-refractivity contribution in [2.45, 2.75) is 6.42 Å². The van der Waals surface area contributed by atoms with Crippen molar-refractivity contribution < 1.29 is 9.90 Å². The summed E-state index contributed by atoms with van der Waals surface area (Å²) in [4.78, 5) is 14.7. The fraction of sp³-hybridized carbons (Fsp3) is 0.111. The maximum absolute atomic E-state index is 10.5. The van der Waals surface area contributed by atoms with E-state index in [9.17, 15) is 4.79 Å². The Labute approximate surface area is 88.3 Å². The summed E-state index contributed by atoms with van der Waals surface area (Å²) in [5, 5.41) is 8.65. The van der Waals surface area contributed by atoms with Gasteiger partial charge in [-0.3, -0.25) is 9.20 Å². The maximum atomic E-state index is 10.5. The lowest BCUT2D eigenvalue weighted by atomic mass is 10.3. The van der Waals surface area contributed by atoms with Crippen LogP contribution in [0.25, 0.3) is 5.65 Å². The van der Waals surface area contributed by atoms with Gasteiger partial charge in [0.2, 0.25) is 0 Å². The highest BCUT2D eigenvalue weighted by Gasteiger charge is 2.11. The van der Waals surface area contributed by atoms with Gasteiger partial charge in [0.15, 0.2) is 0 Å². The van der Waals surface area contributed by atoms with Crippen LogP contribution in [0, 0.1) is 0 Å². The molecule has 0 saturated heterocycles. The topological polar surface area (TPSA) is 54.6 Å². The van der Waals surface area contributed by atoms with Gasteiger partial charge in [-0.05, 0) is 28.1 Å². The van der Waals surface area contributed by atoms with Crippen LogP contribution in [-0.4, -0.2) is 20.5 Å². The van der Waals surface area contributed by atoms with Gasteiger partial charge in [-0.15, -0.1) is 0 Å². The zero-order valence-corrected chi connectivity index (χ0v) is 8.73. The first-order valence-electron chi connectivity index (χ1n) is 4.02. The number of fused-ring (bicyclic) bond motifs is 1. The van der Waals surface area contributed by atoms with Crippen LogP contribution in [0.5, 0.6) is 0 Å². The summed E-state index contributed by atoms with van der Waals surface area (Å²) in [5.74, 6) is -0.880. The van der Waals surface area contributed by atoms with Crippen LogP contribution in [0.1, 0.15) is 5.69 Å². The molecule has 0 radical (unpaired) electrons. The third kappa shape index (κ3) is 1.50. The van der Waals surface area contributed by atoms with Gasteiger partial charge in [0.25, 0.3) is 0 Å². The monoisotopic (exact) mass is 254 g/mol. The quantitative estimate of drug-likeness (QED) is 0.888. The molecular weight excluding hydrogens is 248 g/mol. The van der Waals surface area contributed by atoms with Crippen LogP contribution in [-0.2, 0) is 11.2 Å². The summed E-state index contributed by atoms with van der Waals surface area (Å²) in [7, 11) is 0. The molecule has 1 N–H and O–H groups in total. The Morgan fingerprint density at radius 1 is 1.57 bits per heavy atom. The van der Waals surface area contributed by atoms with Crippen molar-refractivity contribution in [3.05, 3.63) is 34.7 Å². The molecule has 0 amide bonds. The second kappa shape index (κ2) is 3.42. The molecule has 0 atom stereocenters. The van der Waals surface area contributed by atoms with Crippen molar-refractivity contribution in [3.8, 4) is 0 Å². The minimum Gasteiger partial charge on any atom is -0.481 e. The third-order valence-corrected chi connectivity index (χ3v) is 2.70. The van der Waals surface area contributed by atoms with Gasteiger partial charge in [0, 0.05) is 6.20 Å². The Morgan fingerprint density at radius 3 is 3.00 bits per heavy atom. The van der Waals surface area contributed by atoms with E-state index >= 15 is 0 Å². The second-order valence-electron chi connectivity index (χ2n) is 2.85. The first-order valence-corrected chi connectivity index (χ1v) is 4.81. The van der Waals surface area contributed by atoms with E-state index in [1.54, 1.807) is 4.40 Å². The third-order valence-electron chi connectivity index (χ3n) is 1.86. The Bertz CT molecular complexity index is 493. The van der Waals surface area contributed by atoms with Crippen molar-refractivity contribution in [2.24, 2.45) is 0 Å². The van der Waals surface area contributed by atoms with E-state index in [-0.39, 0.29) is 6.42 Å². The molecule has 72 valence electrons. The predicted molar refractivity (Wildman–Crippen MR) is 54.2 cm³/mol. The number of halogens is 1. The standard InChI is InChI=1S/C9H7BrN2O2/c10-9-6(5-8(13)14)11-7-3-1-2-4-12(7)9/h1-4H,5H2,(H,13,14). The number of carboxylic acid groups (broad SMARTS) is 1. The Balaban J connectivity index is 2.57. The van der Waals surface area contributed by atoms with Gasteiger partial charge in [-0.1, -0.05) is 6.07 Å². The summed E-state index contributed by atoms with van der Waals surface area (Å²) < 4.78 is 2.51. The highest BCUT2D eigenvalue weighted by atomic mass is 79.9. The number of hydrogen-bond donors (Lipinski definition) is 1. The van der Waals surface area contributed by atoms with E-state index in [1.807, 2.05) is 24.4 Å². The first-order chi connectivity index (χ1) is 6.68. The van der Waals surface area contributed by atoms with Gasteiger partial charge < -0.3 is 5.11 Å². The van der Waals surface area contributed by atoms with Crippen LogP contribution in [0.2, 0.25) is 0 Å². The number of aliphatic carboxylic acids is 1.